The predicted octanol–water partition coefficient (Wildman–Crippen LogP) is 5.73. The van der Waals surface area contributed by atoms with Gasteiger partial charge in [-0.15, -0.1) is 0 Å². The van der Waals surface area contributed by atoms with Crippen LogP contribution in [0.5, 0.6) is 0 Å². The molecule has 126 valence electrons. The Morgan fingerprint density at radius 2 is 2.04 bits per heavy atom. The number of amides is 2. The van der Waals surface area contributed by atoms with Crippen molar-refractivity contribution in [1.82, 2.24) is 4.90 Å². The molecule has 0 radical (unpaired) electrons. The van der Waals surface area contributed by atoms with E-state index in [9.17, 15) is 4.79 Å². The average molecular weight is 426 g/mol. The van der Waals surface area contributed by atoms with Gasteiger partial charge in [0, 0.05) is 27.5 Å². The van der Waals surface area contributed by atoms with Gasteiger partial charge in [0.25, 0.3) is 0 Å². The fraction of sp³-hybridized carbons (Fsp3) is 0.278. The summed E-state index contributed by atoms with van der Waals surface area (Å²) >= 11 is 11.4. The van der Waals surface area contributed by atoms with E-state index in [1.807, 2.05) is 66.1 Å². The standard InChI is InChI=1S/C18H18BrClN2OS/c1-12-2-7-16(15(19)10-12)21-18(23)22-8-9-24-11-17(22)13-3-5-14(20)6-4-13/h2-7,10,17H,8-9,11H2,1H3,(H,21,23)/t17-/m0/s1. The molecule has 2 aromatic rings. The Balaban J connectivity index is 1.79. The number of benzene rings is 2. The van der Waals surface area contributed by atoms with Crippen molar-refractivity contribution in [3.63, 3.8) is 0 Å². The lowest BCUT2D eigenvalue weighted by atomic mass is 10.1. The van der Waals surface area contributed by atoms with Crippen LogP contribution in [0.2, 0.25) is 5.02 Å². The predicted molar refractivity (Wildman–Crippen MR) is 106 cm³/mol. The summed E-state index contributed by atoms with van der Waals surface area (Å²) in [6.45, 7) is 2.75. The largest absolute Gasteiger partial charge is 0.322 e. The van der Waals surface area contributed by atoms with E-state index >= 15 is 0 Å². The lowest BCUT2D eigenvalue weighted by Gasteiger charge is -2.35. The molecule has 1 heterocycles. The van der Waals surface area contributed by atoms with E-state index in [0.717, 1.165) is 39.3 Å². The Morgan fingerprint density at radius 1 is 1.29 bits per heavy atom. The Hall–Kier alpha value is -1.17. The van der Waals surface area contributed by atoms with E-state index in [0.29, 0.717) is 5.02 Å². The molecule has 2 amide bonds. The Kier molecular flexibility index (Phi) is 5.74. The van der Waals surface area contributed by atoms with Crippen LogP contribution in [0.3, 0.4) is 0 Å². The van der Waals surface area contributed by atoms with Crippen LogP contribution < -0.4 is 5.32 Å². The third kappa shape index (κ3) is 4.08. The van der Waals surface area contributed by atoms with E-state index in [4.69, 9.17) is 11.6 Å². The zero-order chi connectivity index (χ0) is 17.1. The second-order valence-corrected chi connectivity index (χ2v) is 8.19. The summed E-state index contributed by atoms with van der Waals surface area (Å²) in [6, 6.07) is 13.7. The normalized spacial score (nSPS) is 17.6. The first-order chi connectivity index (χ1) is 11.5. The maximum absolute atomic E-state index is 12.8. The number of urea groups is 1. The van der Waals surface area contributed by atoms with Crippen molar-refractivity contribution in [3.05, 3.63) is 63.1 Å². The molecule has 0 spiro atoms. The van der Waals surface area contributed by atoms with Crippen molar-refractivity contribution in [1.29, 1.82) is 0 Å². The molecule has 1 saturated heterocycles. The number of nitrogens with one attached hydrogen (secondary N) is 1. The number of hydrogen-bond acceptors (Lipinski definition) is 2. The van der Waals surface area contributed by atoms with Gasteiger partial charge in [0.1, 0.15) is 0 Å². The first-order valence-corrected chi connectivity index (χ1v) is 10.0. The summed E-state index contributed by atoms with van der Waals surface area (Å²) in [4.78, 5) is 14.7. The van der Waals surface area contributed by atoms with Gasteiger partial charge >= 0.3 is 6.03 Å². The van der Waals surface area contributed by atoms with Gasteiger partial charge in [0.15, 0.2) is 0 Å². The maximum Gasteiger partial charge on any atom is 0.322 e. The van der Waals surface area contributed by atoms with Crippen LogP contribution in [0, 0.1) is 6.92 Å². The molecule has 1 aliphatic heterocycles. The number of halogens is 2. The molecule has 0 aliphatic carbocycles. The van der Waals surface area contributed by atoms with Gasteiger partial charge in [-0.2, -0.15) is 11.8 Å². The molecule has 0 aromatic heterocycles. The molecular weight excluding hydrogens is 408 g/mol. The number of anilines is 1. The fourth-order valence-electron chi connectivity index (χ4n) is 2.72. The molecule has 0 bridgehead atoms. The Labute approximate surface area is 159 Å². The highest BCUT2D eigenvalue weighted by molar-refractivity contribution is 9.10. The van der Waals surface area contributed by atoms with Gasteiger partial charge in [-0.25, -0.2) is 4.79 Å². The summed E-state index contributed by atoms with van der Waals surface area (Å²) in [7, 11) is 0. The average Bonchev–Trinajstić information content (AvgIpc) is 2.58. The number of carbonyl (C=O) groups excluding carboxylic acids is 1. The van der Waals surface area contributed by atoms with Crippen molar-refractivity contribution in [2.45, 2.75) is 13.0 Å². The number of carbonyl (C=O) groups is 1. The number of aryl methyl sites for hydroxylation is 1. The zero-order valence-electron chi connectivity index (χ0n) is 13.3. The number of thioether (sulfide) groups is 1. The minimum absolute atomic E-state index is 0.0604. The lowest BCUT2D eigenvalue weighted by Crippen LogP contribution is -2.43. The molecule has 24 heavy (non-hydrogen) atoms. The molecule has 3 rings (SSSR count). The second kappa shape index (κ2) is 7.81. The maximum atomic E-state index is 12.8. The monoisotopic (exact) mass is 424 g/mol. The molecule has 1 atom stereocenters. The van der Waals surface area contributed by atoms with Gasteiger partial charge < -0.3 is 10.2 Å². The minimum atomic E-state index is -0.0696. The van der Waals surface area contributed by atoms with E-state index in [2.05, 4.69) is 21.2 Å². The fourth-order valence-corrected chi connectivity index (χ4v) is 4.52. The highest BCUT2D eigenvalue weighted by Gasteiger charge is 2.28. The van der Waals surface area contributed by atoms with E-state index < -0.39 is 0 Å². The van der Waals surface area contributed by atoms with Gasteiger partial charge in [0.05, 0.1) is 11.7 Å². The third-order valence-electron chi connectivity index (χ3n) is 4.01. The number of rotatable bonds is 2. The summed E-state index contributed by atoms with van der Waals surface area (Å²) in [5.41, 5.74) is 3.05. The highest BCUT2D eigenvalue weighted by atomic mass is 79.9. The van der Waals surface area contributed by atoms with Crippen molar-refractivity contribution >= 4 is 51.0 Å². The first-order valence-electron chi connectivity index (χ1n) is 7.71. The van der Waals surface area contributed by atoms with Crippen molar-refractivity contribution in [2.24, 2.45) is 0 Å². The summed E-state index contributed by atoms with van der Waals surface area (Å²) in [5.74, 6) is 1.84. The number of hydrogen-bond donors (Lipinski definition) is 1. The van der Waals surface area contributed by atoms with Crippen LogP contribution in [0.15, 0.2) is 46.9 Å². The molecule has 0 saturated carbocycles. The van der Waals surface area contributed by atoms with Crippen LogP contribution in [-0.2, 0) is 0 Å². The van der Waals surface area contributed by atoms with Crippen LogP contribution >= 0.6 is 39.3 Å². The van der Waals surface area contributed by atoms with Crippen LogP contribution in [0.25, 0.3) is 0 Å². The van der Waals surface area contributed by atoms with E-state index in [1.165, 1.54) is 0 Å². The van der Waals surface area contributed by atoms with Crippen molar-refractivity contribution in [2.75, 3.05) is 23.4 Å². The zero-order valence-corrected chi connectivity index (χ0v) is 16.4. The molecule has 6 heteroatoms. The third-order valence-corrected chi connectivity index (χ3v) is 5.94. The van der Waals surface area contributed by atoms with Crippen LogP contribution in [0.1, 0.15) is 17.2 Å². The molecule has 3 nitrogen and oxygen atoms in total. The molecular formula is C18H18BrClN2OS. The lowest BCUT2D eigenvalue weighted by molar-refractivity contribution is 0.196. The topological polar surface area (TPSA) is 32.3 Å². The van der Waals surface area contributed by atoms with Gasteiger partial charge in [-0.3, -0.25) is 0 Å². The minimum Gasteiger partial charge on any atom is -0.316 e. The van der Waals surface area contributed by atoms with Gasteiger partial charge in [-0.05, 0) is 58.2 Å². The highest BCUT2D eigenvalue weighted by Crippen LogP contribution is 2.31. The second-order valence-electron chi connectivity index (χ2n) is 5.75. The quantitative estimate of drug-likeness (QED) is 0.666. The number of nitrogens with zero attached hydrogens (tertiary/aromatic N) is 1. The van der Waals surface area contributed by atoms with Gasteiger partial charge in [-0.1, -0.05) is 29.8 Å². The van der Waals surface area contributed by atoms with Crippen molar-refractivity contribution < 1.29 is 4.79 Å². The van der Waals surface area contributed by atoms with Gasteiger partial charge in [0.2, 0.25) is 0 Å². The van der Waals surface area contributed by atoms with Crippen LogP contribution in [-0.4, -0.2) is 29.0 Å². The molecule has 1 aliphatic rings. The van der Waals surface area contributed by atoms with E-state index in [1.54, 1.807) is 0 Å². The Bertz CT molecular complexity index is 738. The summed E-state index contributed by atoms with van der Waals surface area (Å²) in [5, 5.41) is 3.73. The summed E-state index contributed by atoms with van der Waals surface area (Å²) in [6.07, 6.45) is 0. The molecule has 1 N–H and O–H groups in total. The van der Waals surface area contributed by atoms with E-state index in [-0.39, 0.29) is 12.1 Å². The molecule has 2 aromatic carbocycles. The summed E-state index contributed by atoms with van der Waals surface area (Å²) < 4.78 is 0.894. The molecule has 0 unspecified atom stereocenters. The first kappa shape index (κ1) is 17.6. The molecule has 1 fully saturated rings. The van der Waals surface area contributed by atoms with Crippen molar-refractivity contribution in [3.8, 4) is 0 Å². The smallest absolute Gasteiger partial charge is 0.316 e. The van der Waals surface area contributed by atoms with Crippen LogP contribution in [0.4, 0.5) is 10.5 Å². The SMILES string of the molecule is Cc1ccc(NC(=O)N2CCSC[C@H]2c2ccc(Cl)cc2)c(Br)c1. The Morgan fingerprint density at radius 3 is 2.75 bits per heavy atom.